The minimum atomic E-state index is -0.248. The monoisotopic (exact) mass is 411 g/mol. The van der Waals surface area contributed by atoms with Gasteiger partial charge in [-0.1, -0.05) is 41.9 Å². The Bertz CT molecular complexity index is 1050. The molecule has 152 valence electrons. The lowest BCUT2D eigenvalue weighted by molar-refractivity contribution is 0.0340. The van der Waals surface area contributed by atoms with E-state index < -0.39 is 0 Å². The van der Waals surface area contributed by atoms with Crippen LogP contribution in [0.5, 0.6) is 0 Å². The van der Waals surface area contributed by atoms with E-state index in [1.54, 1.807) is 0 Å². The zero-order valence-electron chi connectivity index (χ0n) is 16.9. The van der Waals surface area contributed by atoms with E-state index in [1.165, 1.54) is 0 Å². The van der Waals surface area contributed by atoms with Crippen LogP contribution in [0.15, 0.2) is 46.9 Å². The second-order valence-electron chi connectivity index (χ2n) is 8.27. The summed E-state index contributed by atoms with van der Waals surface area (Å²) >= 11 is 6.33. The Morgan fingerprint density at radius 3 is 2.59 bits per heavy atom. The molecule has 1 amide bonds. The van der Waals surface area contributed by atoms with Crippen LogP contribution in [0, 0.1) is 19.3 Å². The molecule has 0 spiro atoms. The number of carbonyl (C=O) groups excluding carboxylic acids is 1. The first kappa shape index (κ1) is 20.0. The number of likely N-dealkylation sites (tertiary alicyclic amines) is 1. The summed E-state index contributed by atoms with van der Waals surface area (Å²) in [6, 6.07) is 13.8. The number of rotatable bonds is 4. The highest BCUT2D eigenvalue weighted by atomic mass is 35.5. The largest absolute Gasteiger partial charge is 0.451 e. The van der Waals surface area contributed by atoms with Crippen LogP contribution in [-0.4, -0.2) is 35.6 Å². The quantitative estimate of drug-likeness (QED) is 0.645. The lowest BCUT2D eigenvalue weighted by Crippen LogP contribution is -2.45. The van der Waals surface area contributed by atoms with E-state index in [2.05, 4.69) is 0 Å². The van der Waals surface area contributed by atoms with E-state index in [4.69, 9.17) is 16.0 Å². The zero-order chi connectivity index (χ0) is 20.6. The predicted molar refractivity (Wildman–Crippen MR) is 116 cm³/mol. The predicted octanol–water partition coefficient (Wildman–Crippen LogP) is 5.16. The van der Waals surface area contributed by atoms with Gasteiger partial charge in [-0.15, -0.1) is 0 Å². The average molecular weight is 412 g/mol. The molecule has 1 saturated heterocycles. The number of hydrogen-bond acceptors (Lipinski definition) is 3. The lowest BCUT2D eigenvalue weighted by atomic mass is 9.74. The van der Waals surface area contributed by atoms with Crippen molar-refractivity contribution in [3.8, 4) is 0 Å². The average Bonchev–Trinajstić information content (AvgIpc) is 3.05. The smallest absolute Gasteiger partial charge is 0.289 e. The molecule has 0 atom stereocenters. The van der Waals surface area contributed by atoms with Gasteiger partial charge in [0.2, 0.25) is 0 Å². The van der Waals surface area contributed by atoms with Gasteiger partial charge in [-0.3, -0.25) is 4.79 Å². The number of fused-ring (bicyclic) bond motifs is 1. The Balaban J connectivity index is 1.51. The number of benzene rings is 2. The van der Waals surface area contributed by atoms with Crippen molar-refractivity contribution in [2.75, 3.05) is 19.7 Å². The topological polar surface area (TPSA) is 53.7 Å². The number of halogens is 1. The van der Waals surface area contributed by atoms with Crippen LogP contribution >= 0.6 is 11.6 Å². The normalized spacial score (nSPS) is 16.3. The lowest BCUT2D eigenvalue weighted by Gasteiger charge is -2.40. The summed E-state index contributed by atoms with van der Waals surface area (Å²) in [5, 5.41) is 11.9. The van der Waals surface area contributed by atoms with Crippen molar-refractivity contribution >= 4 is 28.5 Å². The minimum Gasteiger partial charge on any atom is -0.451 e. The molecular formula is C24H26ClNO3. The molecule has 5 heteroatoms. The molecule has 1 fully saturated rings. The maximum atomic E-state index is 13.1. The van der Waals surface area contributed by atoms with Crippen molar-refractivity contribution in [2.24, 2.45) is 5.41 Å². The van der Waals surface area contributed by atoms with Crippen molar-refractivity contribution in [3.05, 3.63) is 69.9 Å². The number of carbonyl (C=O) groups is 1. The van der Waals surface area contributed by atoms with Crippen LogP contribution in [0.4, 0.5) is 0 Å². The molecule has 1 aliphatic rings. The molecule has 4 rings (SSSR count). The SMILES string of the molecule is Cc1ccc2c(C)c(C(=O)N3CCC(CO)(Cc4ccccc4Cl)CC3)oc2c1. The van der Waals surface area contributed by atoms with Gasteiger partial charge in [-0.2, -0.15) is 0 Å². The highest BCUT2D eigenvalue weighted by Crippen LogP contribution is 2.37. The van der Waals surface area contributed by atoms with Gasteiger partial charge in [0, 0.05) is 41.1 Å². The number of furan rings is 1. The third-order valence-corrected chi connectivity index (χ3v) is 6.63. The molecule has 4 nitrogen and oxygen atoms in total. The number of nitrogens with zero attached hydrogens (tertiary/aromatic N) is 1. The molecule has 1 N–H and O–H groups in total. The van der Waals surface area contributed by atoms with E-state index in [0.29, 0.717) is 25.3 Å². The van der Waals surface area contributed by atoms with Crippen LogP contribution in [-0.2, 0) is 6.42 Å². The third kappa shape index (κ3) is 3.79. The number of aliphatic hydroxyl groups is 1. The first-order chi connectivity index (χ1) is 13.9. The molecular weight excluding hydrogens is 386 g/mol. The molecule has 0 unspecified atom stereocenters. The fraction of sp³-hybridized carbons (Fsp3) is 0.375. The number of aliphatic hydroxyl groups excluding tert-OH is 1. The first-order valence-electron chi connectivity index (χ1n) is 10.1. The molecule has 1 aromatic heterocycles. The van der Waals surface area contributed by atoms with Gasteiger partial charge < -0.3 is 14.4 Å². The standard InChI is InChI=1S/C24H26ClNO3/c1-16-7-8-19-17(2)22(29-21(19)13-16)23(28)26-11-9-24(15-27,10-12-26)14-18-5-3-4-6-20(18)25/h3-8,13,27H,9-12,14-15H2,1-2H3. The second-order valence-corrected chi connectivity index (χ2v) is 8.68. The minimum absolute atomic E-state index is 0.0689. The summed E-state index contributed by atoms with van der Waals surface area (Å²) < 4.78 is 5.93. The van der Waals surface area contributed by atoms with Gasteiger partial charge in [0.15, 0.2) is 5.76 Å². The summed E-state index contributed by atoms with van der Waals surface area (Å²) in [6.07, 6.45) is 2.19. The van der Waals surface area contributed by atoms with Crippen LogP contribution in [0.2, 0.25) is 5.02 Å². The van der Waals surface area contributed by atoms with Crippen molar-refractivity contribution in [2.45, 2.75) is 33.1 Å². The van der Waals surface area contributed by atoms with Gasteiger partial charge in [0.25, 0.3) is 5.91 Å². The fourth-order valence-electron chi connectivity index (χ4n) is 4.30. The molecule has 0 aliphatic carbocycles. The van der Waals surface area contributed by atoms with Crippen LogP contribution in [0.3, 0.4) is 0 Å². The highest BCUT2D eigenvalue weighted by molar-refractivity contribution is 6.31. The van der Waals surface area contributed by atoms with Crippen molar-refractivity contribution in [1.29, 1.82) is 0 Å². The van der Waals surface area contributed by atoms with Crippen molar-refractivity contribution in [3.63, 3.8) is 0 Å². The van der Waals surface area contributed by atoms with E-state index in [-0.39, 0.29) is 17.9 Å². The summed E-state index contributed by atoms with van der Waals surface area (Å²) in [5.74, 6) is 0.355. The summed E-state index contributed by atoms with van der Waals surface area (Å²) in [7, 11) is 0. The van der Waals surface area contributed by atoms with Gasteiger partial charge in [0.05, 0.1) is 0 Å². The Kier molecular flexibility index (Phi) is 5.41. The molecule has 2 aromatic carbocycles. The molecule has 29 heavy (non-hydrogen) atoms. The number of amides is 1. The Hall–Kier alpha value is -2.30. The zero-order valence-corrected chi connectivity index (χ0v) is 17.6. The van der Waals surface area contributed by atoms with Crippen LogP contribution in [0.1, 0.15) is 40.1 Å². The highest BCUT2D eigenvalue weighted by Gasteiger charge is 2.37. The Labute approximate surface area is 176 Å². The number of aryl methyl sites for hydroxylation is 2. The van der Waals surface area contributed by atoms with Crippen molar-refractivity contribution in [1.82, 2.24) is 4.90 Å². The molecule has 2 heterocycles. The van der Waals surface area contributed by atoms with Gasteiger partial charge in [0.1, 0.15) is 5.58 Å². The van der Waals surface area contributed by atoms with Gasteiger partial charge >= 0.3 is 0 Å². The maximum absolute atomic E-state index is 13.1. The Morgan fingerprint density at radius 2 is 1.90 bits per heavy atom. The van der Waals surface area contributed by atoms with E-state index in [0.717, 1.165) is 45.5 Å². The van der Waals surface area contributed by atoms with E-state index in [9.17, 15) is 9.90 Å². The summed E-state index contributed by atoms with van der Waals surface area (Å²) in [5.41, 5.74) is 3.55. The second kappa shape index (κ2) is 7.85. The van der Waals surface area contributed by atoms with Crippen LogP contribution < -0.4 is 0 Å². The van der Waals surface area contributed by atoms with E-state index >= 15 is 0 Å². The third-order valence-electron chi connectivity index (χ3n) is 6.26. The van der Waals surface area contributed by atoms with Gasteiger partial charge in [-0.25, -0.2) is 0 Å². The summed E-state index contributed by atoms with van der Waals surface area (Å²) in [4.78, 5) is 15.0. The van der Waals surface area contributed by atoms with Crippen LogP contribution in [0.25, 0.3) is 11.0 Å². The van der Waals surface area contributed by atoms with Gasteiger partial charge in [-0.05, 0) is 56.4 Å². The summed E-state index contributed by atoms with van der Waals surface area (Å²) in [6.45, 7) is 5.23. The Morgan fingerprint density at radius 1 is 1.17 bits per heavy atom. The number of piperidine rings is 1. The fourth-order valence-corrected chi connectivity index (χ4v) is 4.50. The molecule has 0 bridgehead atoms. The number of hydrogen-bond donors (Lipinski definition) is 1. The molecule has 0 radical (unpaired) electrons. The molecule has 3 aromatic rings. The van der Waals surface area contributed by atoms with Crippen molar-refractivity contribution < 1.29 is 14.3 Å². The molecule has 0 saturated carbocycles. The molecule has 1 aliphatic heterocycles. The van der Waals surface area contributed by atoms with E-state index in [1.807, 2.05) is 61.2 Å². The first-order valence-corrected chi connectivity index (χ1v) is 10.4. The maximum Gasteiger partial charge on any atom is 0.289 e.